The molecule has 1 aliphatic rings. The second-order valence-corrected chi connectivity index (χ2v) is 4.74. The van der Waals surface area contributed by atoms with Crippen LogP contribution in [0.25, 0.3) is 0 Å². The topological polar surface area (TPSA) is 69.6 Å². The van der Waals surface area contributed by atoms with Crippen LogP contribution in [0.3, 0.4) is 0 Å². The van der Waals surface area contributed by atoms with E-state index in [1.165, 1.54) is 0 Å². The predicted octanol–water partition coefficient (Wildman–Crippen LogP) is 2.18. The van der Waals surface area contributed by atoms with Crippen molar-refractivity contribution in [3.8, 4) is 0 Å². The fraction of sp³-hybridized carbons (Fsp3) is 0.429. The summed E-state index contributed by atoms with van der Waals surface area (Å²) < 4.78 is 0. The van der Waals surface area contributed by atoms with Crippen molar-refractivity contribution in [3.05, 3.63) is 29.8 Å². The monoisotopic (exact) mass is 262 g/mol. The van der Waals surface area contributed by atoms with Crippen molar-refractivity contribution in [1.29, 1.82) is 0 Å². The van der Waals surface area contributed by atoms with Gasteiger partial charge in [0.1, 0.15) is 0 Å². The lowest BCUT2D eigenvalue weighted by Crippen LogP contribution is -2.49. The number of carbonyl (C=O) groups is 2. The van der Waals surface area contributed by atoms with Crippen molar-refractivity contribution in [1.82, 2.24) is 5.32 Å². The number of carbonyl (C=O) groups excluding carboxylic acids is 1. The second kappa shape index (κ2) is 5.30. The number of para-hydroxylation sites is 1. The largest absolute Gasteiger partial charge is 0.481 e. The van der Waals surface area contributed by atoms with Crippen LogP contribution < -0.4 is 10.2 Å². The van der Waals surface area contributed by atoms with Gasteiger partial charge in [0.25, 0.3) is 0 Å². The lowest BCUT2D eigenvalue weighted by Gasteiger charge is -2.37. The zero-order valence-electron chi connectivity index (χ0n) is 11.1. The number of anilines is 1. The van der Waals surface area contributed by atoms with Crippen molar-refractivity contribution in [2.75, 3.05) is 11.4 Å². The number of aliphatic carboxylic acids is 1. The fourth-order valence-electron chi connectivity index (χ4n) is 2.59. The first-order chi connectivity index (χ1) is 9.06. The average molecular weight is 262 g/mol. The molecule has 1 aromatic carbocycles. The number of carboxylic acids is 1. The molecule has 2 N–H and O–H groups in total. The summed E-state index contributed by atoms with van der Waals surface area (Å²) in [7, 11) is 0. The van der Waals surface area contributed by atoms with Crippen LogP contribution in [-0.2, 0) is 4.79 Å². The summed E-state index contributed by atoms with van der Waals surface area (Å²) in [6.45, 7) is 4.28. The van der Waals surface area contributed by atoms with E-state index in [0.717, 1.165) is 0 Å². The molecular weight excluding hydrogens is 244 g/mol. The van der Waals surface area contributed by atoms with Crippen molar-refractivity contribution in [2.24, 2.45) is 0 Å². The van der Waals surface area contributed by atoms with E-state index in [0.29, 0.717) is 24.2 Å². The van der Waals surface area contributed by atoms with Crippen LogP contribution in [0.1, 0.15) is 31.7 Å². The quantitative estimate of drug-likeness (QED) is 0.858. The third-order valence-electron chi connectivity index (χ3n) is 3.43. The number of amides is 2. The SMILES string of the molecule is CCNC(=O)N1c2ccccc2C(C(=O)O)CC1C. The lowest BCUT2D eigenvalue weighted by atomic mass is 9.86. The van der Waals surface area contributed by atoms with Gasteiger partial charge in [-0.2, -0.15) is 0 Å². The molecule has 2 rings (SSSR count). The van der Waals surface area contributed by atoms with Crippen LogP contribution in [0.15, 0.2) is 24.3 Å². The summed E-state index contributed by atoms with van der Waals surface area (Å²) in [6, 6.07) is 6.90. The molecule has 102 valence electrons. The number of benzene rings is 1. The Kier molecular flexibility index (Phi) is 3.74. The summed E-state index contributed by atoms with van der Waals surface area (Å²) in [4.78, 5) is 25.1. The minimum absolute atomic E-state index is 0.137. The highest BCUT2D eigenvalue weighted by atomic mass is 16.4. The second-order valence-electron chi connectivity index (χ2n) is 4.74. The molecule has 2 amide bonds. The number of nitrogens with zero attached hydrogens (tertiary/aromatic N) is 1. The van der Waals surface area contributed by atoms with Crippen LogP contribution in [0, 0.1) is 0 Å². The van der Waals surface area contributed by atoms with Crippen LogP contribution in [0.4, 0.5) is 10.5 Å². The molecule has 0 radical (unpaired) electrons. The molecule has 1 aromatic rings. The van der Waals surface area contributed by atoms with E-state index in [4.69, 9.17) is 0 Å². The smallest absolute Gasteiger partial charge is 0.322 e. The van der Waals surface area contributed by atoms with Gasteiger partial charge in [-0.1, -0.05) is 18.2 Å². The molecule has 0 saturated carbocycles. The molecule has 0 fully saturated rings. The number of fused-ring (bicyclic) bond motifs is 1. The molecule has 5 heteroatoms. The van der Waals surface area contributed by atoms with Gasteiger partial charge < -0.3 is 10.4 Å². The Bertz CT molecular complexity index is 501. The van der Waals surface area contributed by atoms with E-state index >= 15 is 0 Å². The number of hydrogen-bond acceptors (Lipinski definition) is 2. The Labute approximate surface area is 112 Å². The number of carboxylic acid groups (broad SMARTS) is 1. The summed E-state index contributed by atoms with van der Waals surface area (Å²) in [5.41, 5.74) is 1.40. The number of hydrogen-bond donors (Lipinski definition) is 2. The minimum Gasteiger partial charge on any atom is -0.481 e. The maximum atomic E-state index is 12.1. The lowest BCUT2D eigenvalue weighted by molar-refractivity contribution is -0.139. The van der Waals surface area contributed by atoms with E-state index in [1.54, 1.807) is 23.1 Å². The summed E-state index contributed by atoms with van der Waals surface area (Å²) >= 11 is 0. The third kappa shape index (κ3) is 2.41. The zero-order valence-corrected chi connectivity index (χ0v) is 11.1. The molecule has 0 spiro atoms. The molecule has 0 aliphatic carbocycles. The van der Waals surface area contributed by atoms with Gasteiger partial charge in [-0.05, 0) is 31.9 Å². The van der Waals surface area contributed by atoms with Gasteiger partial charge in [0.15, 0.2) is 0 Å². The van der Waals surface area contributed by atoms with Gasteiger partial charge in [0.2, 0.25) is 0 Å². The van der Waals surface area contributed by atoms with Crippen molar-refractivity contribution >= 4 is 17.7 Å². The Morgan fingerprint density at radius 3 is 2.74 bits per heavy atom. The van der Waals surface area contributed by atoms with Gasteiger partial charge >= 0.3 is 12.0 Å². The molecule has 0 saturated heterocycles. The molecule has 2 unspecified atom stereocenters. The highest BCUT2D eigenvalue weighted by Gasteiger charge is 2.36. The van der Waals surface area contributed by atoms with Crippen molar-refractivity contribution < 1.29 is 14.7 Å². The fourth-order valence-corrected chi connectivity index (χ4v) is 2.59. The van der Waals surface area contributed by atoms with Crippen molar-refractivity contribution in [3.63, 3.8) is 0 Å². The highest BCUT2D eigenvalue weighted by Crippen LogP contribution is 2.38. The summed E-state index contributed by atoms with van der Waals surface area (Å²) in [5, 5.41) is 12.1. The van der Waals surface area contributed by atoms with Crippen LogP contribution in [0.5, 0.6) is 0 Å². The Balaban J connectivity index is 2.44. The summed E-state index contributed by atoms with van der Waals surface area (Å²) in [5.74, 6) is -1.38. The van der Waals surface area contributed by atoms with Gasteiger partial charge in [-0.25, -0.2) is 4.79 Å². The Hall–Kier alpha value is -2.04. The normalized spacial score (nSPS) is 21.7. The van der Waals surface area contributed by atoms with Crippen LogP contribution in [0.2, 0.25) is 0 Å². The van der Waals surface area contributed by atoms with Gasteiger partial charge in [0.05, 0.1) is 5.92 Å². The van der Waals surface area contributed by atoms with E-state index < -0.39 is 11.9 Å². The maximum Gasteiger partial charge on any atom is 0.322 e. The molecule has 0 bridgehead atoms. The molecule has 19 heavy (non-hydrogen) atoms. The van der Waals surface area contributed by atoms with E-state index in [-0.39, 0.29) is 12.1 Å². The minimum atomic E-state index is -0.838. The molecule has 2 atom stereocenters. The Morgan fingerprint density at radius 1 is 1.42 bits per heavy atom. The molecule has 1 heterocycles. The predicted molar refractivity (Wildman–Crippen MR) is 72.4 cm³/mol. The van der Waals surface area contributed by atoms with Crippen LogP contribution in [-0.4, -0.2) is 29.7 Å². The van der Waals surface area contributed by atoms with Gasteiger partial charge in [-0.3, -0.25) is 9.69 Å². The average Bonchev–Trinajstić information content (AvgIpc) is 2.37. The molecule has 5 nitrogen and oxygen atoms in total. The van der Waals surface area contributed by atoms with Crippen molar-refractivity contribution in [2.45, 2.75) is 32.2 Å². The molecular formula is C14H18N2O3. The maximum absolute atomic E-state index is 12.1. The van der Waals surface area contributed by atoms with Gasteiger partial charge in [-0.15, -0.1) is 0 Å². The first kappa shape index (κ1) is 13.4. The molecule has 1 aliphatic heterocycles. The third-order valence-corrected chi connectivity index (χ3v) is 3.43. The number of rotatable bonds is 2. The highest BCUT2D eigenvalue weighted by molar-refractivity contribution is 5.96. The van der Waals surface area contributed by atoms with E-state index in [2.05, 4.69) is 5.32 Å². The number of urea groups is 1. The number of nitrogens with one attached hydrogen (secondary N) is 1. The Morgan fingerprint density at radius 2 is 2.11 bits per heavy atom. The van der Waals surface area contributed by atoms with Gasteiger partial charge in [0, 0.05) is 18.3 Å². The van der Waals surface area contributed by atoms with Crippen LogP contribution >= 0.6 is 0 Å². The van der Waals surface area contributed by atoms with E-state index in [1.807, 2.05) is 19.9 Å². The first-order valence-electron chi connectivity index (χ1n) is 6.45. The molecule has 0 aromatic heterocycles. The standard InChI is InChI=1S/C14H18N2O3/c1-3-15-14(19)16-9(2)8-11(13(17)18)10-6-4-5-7-12(10)16/h4-7,9,11H,3,8H2,1-2H3,(H,15,19)(H,17,18). The zero-order chi connectivity index (χ0) is 14.0. The first-order valence-corrected chi connectivity index (χ1v) is 6.45. The van der Waals surface area contributed by atoms with E-state index in [9.17, 15) is 14.7 Å². The summed E-state index contributed by atoms with van der Waals surface area (Å²) in [6.07, 6.45) is 0.434.